The minimum absolute atomic E-state index is 0.106. The molecule has 0 unspecified atom stereocenters. The summed E-state index contributed by atoms with van der Waals surface area (Å²) in [7, 11) is 0. The van der Waals surface area contributed by atoms with Gasteiger partial charge in [0.25, 0.3) is 11.4 Å². The fourth-order valence-electron chi connectivity index (χ4n) is 4.52. The number of nitro benzene ring substituents is 2. The largest absolute Gasteiger partial charge is 0.456 e. The quantitative estimate of drug-likeness (QED) is 0.0767. The fraction of sp³-hybridized carbons (Fsp3) is 0.143. The lowest BCUT2D eigenvalue weighted by molar-refractivity contribution is -0.387. The molecule has 7 nitrogen and oxygen atoms in total. The highest BCUT2D eigenvalue weighted by molar-refractivity contribution is 7.99. The van der Waals surface area contributed by atoms with Gasteiger partial charge in [0, 0.05) is 34.4 Å². The van der Waals surface area contributed by atoms with Crippen LogP contribution in [0.15, 0.2) is 58.3 Å². The average molecular weight is 745 g/mol. The smallest absolute Gasteiger partial charge is 0.416 e. The van der Waals surface area contributed by atoms with Crippen LogP contribution in [0.4, 0.5) is 46.5 Å². The van der Waals surface area contributed by atoms with E-state index in [1.54, 1.807) is 0 Å². The lowest BCUT2D eigenvalue weighted by Gasteiger charge is -2.21. The molecule has 0 aliphatic heterocycles. The molecule has 0 amide bonds. The van der Waals surface area contributed by atoms with Crippen molar-refractivity contribution < 1.29 is 49.7 Å². The summed E-state index contributed by atoms with van der Waals surface area (Å²) in [5.41, 5.74) is -6.77. The Bertz CT molecular complexity index is 1760. The number of nitro groups is 2. The summed E-state index contributed by atoms with van der Waals surface area (Å²) >= 11 is 13.6. The lowest BCUT2D eigenvalue weighted by atomic mass is 9.99. The second-order valence-electron chi connectivity index (χ2n) is 9.22. The molecule has 0 atom stereocenters. The molecule has 0 saturated carbocycles. The van der Waals surface area contributed by atoms with E-state index in [1.165, 1.54) is 12.5 Å². The summed E-state index contributed by atoms with van der Waals surface area (Å²) < 4.78 is 117. The van der Waals surface area contributed by atoms with Gasteiger partial charge in [-0.25, -0.2) is 8.78 Å². The van der Waals surface area contributed by atoms with Crippen molar-refractivity contribution >= 4 is 58.1 Å². The minimum atomic E-state index is -5.03. The molecular weight excluding hydrogens is 731 g/mol. The van der Waals surface area contributed by atoms with E-state index in [-0.39, 0.29) is 21.9 Å². The number of rotatable bonds is 8. The van der Waals surface area contributed by atoms with Crippen LogP contribution in [0.3, 0.4) is 0 Å². The summed E-state index contributed by atoms with van der Waals surface area (Å²) in [6, 6.07) is 4.65. The van der Waals surface area contributed by atoms with Crippen molar-refractivity contribution in [1.82, 2.24) is 0 Å². The highest BCUT2D eigenvalue weighted by Gasteiger charge is 2.36. The van der Waals surface area contributed by atoms with Gasteiger partial charge in [0.1, 0.15) is 23.1 Å². The molecule has 4 aromatic carbocycles. The van der Waals surface area contributed by atoms with Gasteiger partial charge in [-0.15, -0.1) is 23.5 Å². The van der Waals surface area contributed by atoms with Gasteiger partial charge in [0.15, 0.2) is 0 Å². The number of hydrogen-bond donors (Lipinski definition) is 0. The standard InChI is InChI=1S/C28H14Cl2F8N2O5S2/c1-46-25-17(39(41)42)3-5-19(23(25)21-13(29)7-11(9-15(21)31)27(33,34)35)45-20-6-4-18(40(43)44)26(47-2)24(20)22-14(30)8-12(10-16(22)32)28(36,37)38/h3-10H,1-2H3. The monoisotopic (exact) mass is 744 g/mol. The van der Waals surface area contributed by atoms with Crippen LogP contribution in [0.5, 0.6) is 11.5 Å². The van der Waals surface area contributed by atoms with Gasteiger partial charge in [0.2, 0.25) is 0 Å². The number of benzene rings is 4. The van der Waals surface area contributed by atoms with E-state index in [1.807, 2.05) is 0 Å². The highest BCUT2D eigenvalue weighted by atomic mass is 35.5. The second kappa shape index (κ2) is 13.4. The molecule has 0 N–H and O–H groups in total. The maximum Gasteiger partial charge on any atom is 0.416 e. The van der Waals surface area contributed by atoms with Crippen molar-refractivity contribution in [3.05, 3.63) is 102 Å². The van der Waals surface area contributed by atoms with Crippen molar-refractivity contribution in [1.29, 1.82) is 0 Å². The normalized spacial score (nSPS) is 11.9. The number of hydrogen-bond acceptors (Lipinski definition) is 7. The third-order valence-electron chi connectivity index (χ3n) is 6.46. The Labute approximate surface area is 277 Å². The van der Waals surface area contributed by atoms with Crippen molar-refractivity contribution in [2.24, 2.45) is 0 Å². The van der Waals surface area contributed by atoms with E-state index in [4.69, 9.17) is 27.9 Å². The molecule has 0 heterocycles. The Kier molecular flexibility index (Phi) is 10.3. The summed E-state index contributed by atoms with van der Waals surface area (Å²) in [5, 5.41) is 22.1. The van der Waals surface area contributed by atoms with E-state index in [9.17, 15) is 46.6 Å². The Hall–Kier alpha value is -3.80. The van der Waals surface area contributed by atoms with Crippen LogP contribution >= 0.6 is 46.7 Å². The van der Waals surface area contributed by atoms with Crippen molar-refractivity contribution in [2.45, 2.75) is 22.1 Å². The van der Waals surface area contributed by atoms with Gasteiger partial charge in [-0.3, -0.25) is 20.2 Å². The fourth-order valence-corrected chi connectivity index (χ4v) is 6.64. The van der Waals surface area contributed by atoms with Crippen molar-refractivity contribution in [2.75, 3.05) is 12.5 Å². The van der Waals surface area contributed by atoms with E-state index in [0.29, 0.717) is 35.7 Å². The molecule has 0 saturated heterocycles. The molecule has 0 aliphatic rings. The first-order valence-corrected chi connectivity index (χ1v) is 15.5. The Morgan fingerprint density at radius 1 is 0.638 bits per heavy atom. The lowest BCUT2D eigenvalue weighted by Crippen LogP contribution is -2.07. The van der Waals surface area contributed by atoms with E-state index < -0.39 is 100 Å². The molecule has 4 aromatic rings. The first kappa shape index (κ1) is 36.0. The SMILES string of the molecule is CSc1c([N+](=O)[O-])ccc(Oc2ccc([N+](=O)[O-])c(SC)c2-c2c(F)cc(C(F)(F)F)cc2Cl)c1-c1c(F)cc(C(F)(F)F)cc1Cl. The van der Waals surface area contributed by atoms with Gasteiger partial charge in [-0.1, -0.05) is 23.2 Å². The molecule has 0 fully saturated rings. The van der Waals surface area contributed by atoms with Crippen molar-refractivity contribution in [3.8, 4) is 33.8 Å². The van der Waals surface area contributed by atoms with Gasteiger partial charge in [0.05, 0.1) is 40.8 Å². The predicted octanol–water partition coefficient (Wildman–Crippen LogP) is 11.7. The summed E-state index contributed by atoms with van der Waals surface area (Å²) in [5.74, 6) is -4.13. The van der Waals surface area contributed by atoms with Crippen LogP contribution in [0, 0.1) is 31.9 Å². The molecule has 47 heavy (non-hydrogen) atoms. The number of halogens is 10. The van der Waals surface area contributed by atoms with Crippen LogP contribution < -0.4 is 4.74 Å². The predicted molar refractivity (Wildman–Crippen MR) is 161 cm³/mol. The third kappa shape index (κ3) is 7.07. The average Bonchev–Trinajstić information content (AvgIpc) is 2.95. The highest BCUT2D eigenvalue weighted by Crippen LogP contribution is 2.53. The zero-order valence-corrected chi connectivity index (χ0v) is 26.3. The number of ether oxygens (including phenoxy) is 1. The summed E-state index contributed by atoms with van der Waals surface area (Å²) in [6.45, 7) is 0. The molecular formula is C28H14Cl2F8N2O5S2. The molecule has 0 radical (unpaired) electrons. The van der Waals surface area contributed by atoms with Crippen LogP contribution in [0.25, 0.3) is 22.3 Å². The summed E-state index contributed by atoms with van der Waals surface area (Å²) in [6.07, 6.45) is -7.40. The number of thioether (sulfide) groups is 2. The van der Waals surface area contributed by atoms with Gasteiger partial charge < -0.3 is 4.74 Å². The maximum atomic E-state index is 15.5. The Balaban J connectivity index is 2.10. The van der Waals surface area contributed by atoms with Crippen LogP contribution in [0.1, 0.15) is 11.1 Å². The van der Waals surface area contributed by atoms with E-state index >= 15 is 8.78 Å². The molecule has 4 rings (SSSR count). The molecule has 0 aromatic heterocycles. The molecule has 0 bridgehead atoms. The molecule has 0 spiro atoms. The minimum Gasteiger partial charge on any atom is -0.456 e. The number of alkyl halides is 6. The first-order chi connectivity index (χ1) is 21.8. The van der Waals surface area contributed by atoms with Crippen molar-refractivity contribution in [3.63, 3.8) is 0 Å². The Morgan fingerprint density at radius 3 is 1.23 bits per heavy atom. The topological polar surface area (TPSA) is 95.5 Å². The van der Waals surface area contributed by atoms with Gasteiger partial charge in [-0.2, -0.15) is 26.3 Å². The third-order valence-corrected chi connectivity index (χ3v) is 8.70. The molecule has 248 valence electrons. The maximum absolute atomic E-state index is 15.5. The molecule has 19 heteroatoms. The van der Waals surface area contributed by atoms with Gasteiger partial charge >= 0.3 is 12.4 Å². The number of nitrogens with zero attached hydrogens (tertiary/aromatic N) is 2. The molecule has 0 aliphatic carbocycles. The Morgan fingerprint density at radius 2 is 0.979 bits per heavy atom. The van der Waals surface area contributed by atoms with Crippen LogP contribution in [0.2, 0.25) is 10.0 Å². The first-order valence-electron chi connectivity index (χ1n) is 12.3. The second-order valence-corrected chi connectivity index (χ2v) is 11.7. The van der Waals surface area contributed by atoms with E-state index in [2.05, 4.69) is 0 Å². The zero-order valence-electron chi connectivity index (χ0n) is 23.2. The van der Waals surface area contributed by atoms with Gasteiger partial charge in [-0.05, 0) is 48.9 Å². The van der Waals surface area contributed by atoms with Crippen LogP contribution in [-0.4, -0.2) is 22.4 Å². The summed E-state index contributed by atoms with van der Waals surface area (Å²) in [4.78, 5) is 21.3. The van der Waals surface area contributed by atoms with E-state index in [0.717, 1.165) is 24.3 Å². The zero-order chi connectivity index (χ0) is 35.2. The van der Waals surface area contributed by atoms with Crippen LogP contribution in [-0.2, 0) is 12.4 Å².